The molecule has 0 amide bonds. The minimum atomic E-state index is 0.113. The fraction of sp³-hybridized carbons (Fsp3) is 0.333. The predicted octanol–water partition coefficient (Wildman–Crippen LogP) is 5.01. The Kier molecular flexibility index (Phi) is 4.61. The zero-order valence-electron chi connectivity index (χ0n) is 12.2. The summed E-state index contributed by atoms with van der Waals surface area (Å²) < 4.78 is 7.31. The van der Waals surface area contributed by atoms with Crippen LogP contribution < -0.4 is 10.1 Å². The monoisotopic (exact) mass is 345 g/mol. The summed E-state index contributed by atoms with van der Waals surface area (Å²) in [7, 11) is 0. The summed E-state index contributed by atoms with van der Waals surface area (Å²) in [6, 6.07) is 17.2. The molecular formula is C18H20BrNO. The van der Waals surface area contributed by atoms with Crippen LogP contribution in [0.4, 0.5) is 0 Å². The quantitative estimate of drug-likeness (QED) is 0.840. The van der Waals surface area contributed by atoms with Gasteiger partial charge in [-0.1, -0.05) is 53.2 Å². The highest BCUT2D eigenvalue weighted by Gasteiger charge is 2.28. The van der Waals surface area contributed by atoms with Crippen LogP contribution in [0.1, 0.15) is 43.0 Å². The first-order valence-corrected chi connectivity index (χ1v) is 8.31. The normalized spacial score (nSPS) is 20.7. The minimum Gasteiger partial charge on any atom is -0.485 e. The minimum absolute atomic E-state index is 0.113. The first kappa shape index (κ1) is 14.6. The van der Waals surface area contributed by atoms with Gasteiger partial charge in [-0.25, -0.2) is 0 Å². The first-order chi connectivity index (χ1) is 10.3. The lowest BCUT2D eigenvalue weighted by molar-refractivity contribution is 0.151. The third-order valence-electron chi connectivity index (χ3n) is 3.90. The number of fused-ring (bicyclic) bond motifs is 1. The number of rotatable bonds is 4. The molecular weight excluding hydrogens is 326 g/mol. The van der Waals surface area contributed by atoms with Gasteiger partial charge in [0.15, 0.2) is 0 Å². The Hall–Kier alpha value is -1.32. The van der Waals surface area contributed by atoms with Gasteiger partial charge in [-0.2, -0.15) is 0 Å². The van der Waals surface area contributed by atoms with Crippen molar-refractivity contribution in [2.24, 2.45) is 0 Å². The average molecular weight is 346 g/mol. The number of ether oxygens (including phenoxy) is 1. The van der Waals surface area contributed by atoms with Crippen LogP contribution in [0, 0.1) is 0 Å². The maximum Gasteiger partial charge on any atom is 0.126 e. The number of benzene rings is 2. The smallest absolute Gasteiger partial charge is 0.126 e. The van der Waals surface area contributed by atoms with Crippen molar-refractivity contribution in [3.63, 3.8) is 0 Å². The van der Waals surface area contributed by atoms with Gasteiger partial charge in [0.25, 0.3) is 0 Å². The van der Waals surface area contributed by atoms with Crippen molar-refractivity contribution in [3.8, 4) is 5.75 Å². The molecule has 2 nitrogen and oxygen atoms in total. The van der Waals surface area contributed by atoms with Gasteiger partial charge in [0, 0.05) is 22.5 Å². The zero-order chi connectivity index (χ0) is 14.7. The van der Waals surface area contributed by atoms with Gasteiger partial charge < -0.3 is 10.1 Å². The van der Waals surface area contributed by atoms with Crippen LogP contribution in [0.15, 0.2) is 53.0 Å². The highest BCUT2D eigenvalue weighted by molar-refractivity contribution is 9.10. The van der Waals surface area contributed by atoms with Crippen molar-refractivity contribution in [2.45, 2.75) is 31.9 Å². The molecule has 3 rings (SSSR count). The molecule has 1 heterocycles. The van der Waals surface area contributed by atoms with Crippen molar-refractivity contribution in [1.29, 1.82) is 0 Å². The summed E-state index contributed by atoms with van der Waals surface area (Å²) in [4.78, 5) is 0. The van der Waals surface area contributed by atoms with Crippen molar-refractivity contribution in [3.05, 3.63) is 64.1 Å². The Morgan fingerprint density at radius 2 is 1.90 bits per heavy atom. The molecule has 0 aromatic heterocycles. The molecule has 0 saturated heterocycles. The standard InChI is InChI=1S/C18H20BrNO/c1-2-11-20-16-12-18(13-7-9-14(19)10-8-13)21-17-6-4-3-5-15(16)17/h3-10,16,18,20H,2,11-12H2,1H3. The van der Waals surface area contributed by atoms with Crippen molar-refractivity contribution >= 4 is 15.9 Å². The second-order valence-corrected chi connectivity index (χ2v) is 6.35. The molecule has 0 fully saturated rings. The lowest BCUT2D eigenvalue weighted by Crippen LogP contribution is -2.29. The molecule has 1 N–H and O–H groups in total. The highest BCUT2D eigenvalue weighted by Crippen LogP contribution is 2.40. The molecule has 2 aromatic rings. The van der Waals surface area contributed by atoms with E-state index in [1.807, 2.05) is 6.07 Å². The van der Waals surface area contributed by atoms with Crippen molar-refractivity contribution in [2.75, 3.05) is 6.54 Å². The molecule has 1 aliphatic heterocycles. The summed E-state index contributed by atoms with van der Waals surface area (Å²) in [5.74, 6) is 1.00. The number of hydrogen-bond donors (Lipinski definition) is 1. The Labute approximate surface area is 134 Å². The average Bonchev–Trinajstić information content (AvgIpc) is 2.53. The topological polar surface area (TPSA) is 21.3 Å². The molecule has 2 unspecified atom stereocenters. The Morgan fingerprint density at radius 1 is 1.14 bits per heavy atom. The summed E-state index contributed by atoms with van der Waals surface area (Å²) in [6.45, 7) is 3.23. The molecule has 0 bridgehead atoms. The van der Waals surface area contributed by atoms with E-state index in [2.05, 4.69) is 70.6 Å². The fourth-order valence-corrected chi connectivity index (χ4v) is 3.08. The molecule has 110 valence electrons. The van der Waals surface area contributed by atoms with Crippen LogP contribution in [-0.2, 0) is 0 Å². The van der Waals surface area contributed by atoms with Gasteiger partial charge >= 0.3 is 0 Å². The second-order valence-electron chi connectivity index (χ2n) is 5.44. The molecule has 2 aromatic carbocycles. The van der Waals surface area contributed by atoms with Crippen molar-refractivity contribution in [1.82, 2.24) is 5.32 Å². The van der Waals surface area contributed by atoms with E-state index in [4.69, 9.17) is 4.74 Å². The van der Waals surface area contributed by atoms with E-state index < -0.39 is 0 Å². The molecule has 3 heteroatoms. The van der Waals surface area contributed by atoms with Gasteiger partial charge in [0.05, 0.1) is 0 Å². The van der Waals surface area contributed by atoms with E-state index in [9.17, 15) is 0 Å². The van der Waals surface area contributed by atoms with Crippen LogP contribution in [-0.4, -0.2) is 6.54 Å². The fourth-order valence-electron chi connectivity index (χ4n) is 2.81. The van der Waals surface area contributed by atoms with Gasteiger partial charge in [0.1, 0.15) is 11.9 Å². The van der Waals surface area contributed by atoms with Crippen LogP contribution in [0.25, 0.3) is 0 Å². The van der Waals surface area contributed by atoms with Gasteiger partial charge in [0.2, 0.25) is 0 Å². The Morgan fingerprint density at radius 3 is 2.67 bits per heavy atom. The van der Waals surface area contributed by atoms with Gasteiger partial charge in [-0.15, -0.1) is 0 Å². The maximum atomic E-state index is 6.21. The van der Waals surface area contributed by atoms with Gasteiger partial charge in [-0.3, -0.25) is 0 Å². The molecule has 0 saturated carbocycles. The molecule has 0 spiro atoms. The summed E-state index contributed by atoms with van der Waals surface area (Å²) in [5.41, 5.74) is 2.51. The molecule has 21 heavy (non-hydrogen) atoms. The lowest BCUT2D eigenvalue weighted by atomic mass is 9.93. The summed E-state index contributed by atoms with van der Waals surface area (Å²) >= 11 is 3.49. The number of nitrogens with one attached hydrogen (secondary N) is 1. The molecule has 0 radical (unpaired) electrons. The highest BCUT2D eigenvalue weighted by atomic mass is 79.9. The van der Waals surface area contributed by atoms with Crippen LogP contribution in [0.2, 0.25) is 0 Å². The van der Waals surface area contributed by atoms with E-state index in [1.54, 1.807) is 0 Å². The SMILES string of the molecule is CCCNC1CC(c2ccc(Br)cc2)Oc2ccccc21. The molecule has 2 atom stereocenters. The molecule has 0 aliphatic carbocycles. The third-order valence-corrected chi connectivity index (χ3v) is 4.42. The summed E-state index contributed by atoms with van der Waals surface area (Å²) in [6.07, 6.45) is 2.23. The third kappa shape index (κ3) is 3.30. The van der Waals surface area contributed by atoms with E-state index in [-0.39, 0.29) is 6.10 Å². The maximum absolute atomic E-state index is 6.21. The Bertz CT molecular complexity index is 596. The number of para-hydroxylation sites is 1. The van der Waals surface area contributed by atoms with Gasteiger partial charge in [-0.05, 0) is 36.7 Å². The lowest BCUT2D eigenvalue weighted by Gasteiger charge is -2.33. The van der Waals surface area contributed by atoms with Crippen LogP contribution in [0.3, 0.4) is 0 Å². The molecule has 1 aliphatic rings. The first-order valence-electron chi connectivity index (χ1n) is 7.52. The largest absolute Gasteiger partial charge is 0.485 e. The zero-order valence-corrected chi connectivity index (χ0v) is 13.8. The van der Waals surface area contributed by atoms with E-state index in [1.165, 1.54) is 11.1 Å². The number of hydrogen-bond acceptors (Lipinski definition) is 2. The van der Waals surface area contributed by atoms with E-state index in [0.29, 0.717) is 6.04 Å². The van der Waals surface area contributed by atoms with E-state index >= 15 is 0 Å². The second kappa shape index (κ2) is 6.63. The van der Waals surface area contributed by atoms with Crippen molar-refractivity contribution < 1.29 is 4.74 Å². The van der Waals surface area contributed by atoms with Crippen LogP contribution >= 0.6 is 15.9 Å². The predicted molar refractivity (Wildman–Crippen MR) is 89.6 cm³/mol. The summed E-state index contributed by atoms with van der Waals surface area (Å²) in [5, 5.41) is 3.65. The number of halogens is 1. The Balaban J connectivity index is 1.87. The van der Waals surface area contributed by atoms with Crippen LogP contribution in [0.5, 0.6) is 5.75 Å². The van der Waals surface area contributed by atoms with E-state index in [0.717, 1.165) is 29.6 Å².